The minimum absolute atomic E-state index is 0.0532. The van der Waals surface area contributed by atoms with Gasteiger partial charge < -0.3 is 11.1 Å². The van der Waals surface area contributed by atoms with Gasteiger partial charge in [0, 0.05) is 10.7 Å². The zero-order valence-corrected chi connectivity index (χ0v) is 12.3. The van der Waals surface area contributed by atoms with Gasteiger partial charge in [-0.15, -0.1) is 0 Å². The number of hydrogen-bond acceptors (Lipinski definition) is 3. The fourth-order valence-electron chi connectivity index (χ4n) is 1.63. The predicted molar refractivity (Wildman–Crippen MR) is 81.9 cm³/mol. The van der Waals surface area contributed by atoms with E-state index < -0.39 is 16.1 Å². The van der Waals surface area contributed by atoms with Crippen LogP contribution >= 0.6 is 11.6 Å². The topological polar surface area (TPSA) is 101 Å². The molecule has 0 aliphatic carbocycles. The number of carbonyl (C=O) groups is 1. The Hall–Kier alpha value is -2.25. The molecule has 2 rings (SSSR count). The van der Waals surface area contributed by atoms with Crippen LogP contribution in [0.4, 0.5) is 16.2 Å². The Kier molecular flexibility index (Phi) is 4.35. The van der Waals surface area contributed by atoms with Crippen molar-refractivity contribution in [2.45, 2.75) is 4.90 Å². The molecule has 0 aliphatic rings. The summed E-state index contributed by atoms with van der Waals surface area (Å²) < 4.78 is 26.8. The number of halogens is 1. The van der Waals surface area contributed by atoms with Crippen LogP contribution in [0.1, 0.15) is 0 Å². The summed E-state index contributed by atoms with van der Waals surface area (Å²) in [5.41, 5.74) is 5.74. The summed E-state index contributed by atoms with van der Waals surface area (Å²) in [6.07, 6.45) is 0. The maximum Gasteiger partial charge on any atom is 0.316 e. The Balaban J connectivity index is 2.21. The zero-order chi connectivity index (χ0) is 15.5. The van der Waals surface area contributed by atoms with Gasteiger partial charge >= 0.3 is 6.03 Å². The third-order valence-corrected chi connectivity index (χ3v) is 4.14. The summed E-state index contributed by atoms with van der Waals surface area (Å²) in [5, 5.41) is 2.77. The number of rotatable bonds is 4. The van der Waals surface area contributed by atoms with E-state index >= 15 is 0 Å². The number of sulfonamides is 1. The van der Waals surface area contributed by atoms with Gasteiger partial charge in [-0.05, 0) is 42.5 Å². The Morgan fingerprint density at radius 1 is 1.05 bits per heavy atom. The summed E-state index contributed by atoms with van der Waals surface area (Å²) in [6.45, 7) is 0. The number of nitrogens with two attached hydrogens (primary N) is 1. The lowest BCUT2D eigenvalue weighted by atomic mass is 10.3. The third kappa shape index (κ3) is 4.11. The molecular weight excluding hydrogens is 314 g/mol. The molecule has 21 heavy (non-hydrogen) atoms. The fourth-order valence-corrected chi connectivity index (χ4v) is 2.87. The van der Waals surface area contributed by atoms with Crippen LogP contribution in [-0.2, 0) is 10.0 Å². The van der Waals surface area contributed by atoms with Gasteiger partial charge in [-0.3, -0.25) is 4.72 Å². The molecule has 4 N–H and O–H groups in total. The van der Waals surface area contributed by atoms with Gasteiger partial charge in [-0.1, -0.05) is 17.7 Å². The molecule has 0 fully saturated rings. The van der Waals surface area contributed by atoms with Gasteiger partial charge in [0.05, 0.1) is 10.6 Å². The largest absolute Gasteiger partial charge is 0.351 e. The molecule has 8 heteroatoms. The SMILES string of the molecule is NC(=O)Nc1ccc(S(=O)(=O)Nc2cccc(Cl)c2)cc1. The quantitative estimate of drug-likeness (QED) is 0.805. The molecule has 0 spiro atoms. The van der Waals surface area contributed by atoms with Gasteiger partial charge in [-0.2, -0.15) is 0 Å². The maximum absolute atomic E-state index is 12.2. The van der Waals surface area contributed by atoms with Crippen molar-refractivity contribution in [3.8, 4) is 0 Å². The highest BCUT2D eigenvalue weighted by Gasteiger charge is 2.14. The minimum Gasteiger partial charge on any atom is -0.351 e. The molecule has 2 aromatic carbocycles. The highest BCUT2D eigenvalue weighted by molar-refractivity contribution is 7.92. The number of carbonyl (C=O) groups excluding carboxylic acids is 1. The van der Waals surface area contributed by atoms with E-state index in [-0.39, 0.29) is 4.90 Å². The van der Waals surface area contributed by atoms with Crippen molar-refractivity contribution in [2.24, 2.45) is 5.73 Å². The van der Waals surface area contributed by atoms with E-state index in [2.05, 4.69) is 10.0 Å². The molecule has 0 heterocycles. The van der Waals surface area contributed by atoms with Gasteiger partial charge in [0.15, 0.2) is 0 Å². The van der Waals surface area contributed by atoms with Crippen molar-refractivity contribution in [3.05, 3.63) is 53.6 Å². The highest BCUT2D eigenvalue weighted by Crippen LogP contribution is 2.20. The van der Waals surface area contributed by atoms with Crippen molar-refractivity contribution in [3.63, 3.8) is 0 Å². The molecule has 0 saturated carbocycles. The van der Waals surface area contributed by atoms with Crippen molar-refractivity contribution < 1.29 is 13.2 Å². The van der Waals surface area contributed by atoms with Crippen molar-refractivity contribution in [2.75, 3.05) is 10.0 Å². The molecule has 0 bridgehead atoms. The Labute approximate surface area is 127 Å². The number of hydrogen-bond donors (Lipinski definition) is 3. The summed E-state index contributed by atoms with van der Waals surface area (Å²) in [6, 6.07) is 11.3. The third-order valence-electron chi connectivity index (χ3n) is 2.51. The molecule has 2 amide bonds. The predicted octanol–water partition coefficient (Wildman–Crippen LogP) is 2.63. The van der Waals surface area contributed by atoms with Crippen molar-refractivity contribution in [1.82, 2.24) is 0 Å². The number of nitrogens with one attached hydrogen (secondary N) is 2. The molecule has 6 nitrogen and oxygen atoms in total. The summed E-state index contributed by atoms with van der Waals surface area (Å²) in [5.74, 6) is 0. The summed E-state index contributed by atoms with van der Waals surface area (Å²) in [4.78, 5) is 10.7. The van der Waals surface area contributed by atoms with Gasteiger partial charge in [0.2, 0.25) is 0 Å². The van der Waals surface area contributed by atoms with E-state index in [9.17, 15) is 13.2 Å². The first-order chi connectivity index (χ1) is 9.87. The average molecular weight is 326 g/mol. The second-order valence-electron chi connectivity index (χ2n) is 4.13. The minimum atomic E-state index is -3.73. The van der Waals surface area contributed by atoms with Crippen LogP contribution in [0.15, 0.2) is 53.4 Å². The fraction of sp³-hybridized carbons (Fsp3) is 0. The lowest BCUT2D eigenvalue weighted by Crippen LogP contribution is -2.19. The van der Waals surface area contributed by atoms with E-state index in [4.69, 9.17) is 17.3 Å². The van der Waals surface area contributed by atoms with E-state index in [1.807, 2.05) is 0 Å². The standard InChI is InChI=1S/C13H12ClN3O3S/c14-9-2-1-3-11(8-9)17-21(19,20)12-6-4-10(5-7-12)16-13(15)18/h1-8,17H,(H3,15,16,18). The van der Waals surface area contributed by atoms with Crippen molar-refractivity contribution >= 4 is 39.0 Å². The Morgan fingerprint density at radius 2 is 1.71 bits per heavy atom. The van der Waals surface area contributed by atoms with Crippen LogP contribution in [0.25, 0.3) is 0 Å². The first-order valence-corrected chi connectivity index (χ1v) is 7.68. The molecule has 110 valence electrons. The molecule has 2 aromatic rings. The van der Waals surface area contributed by atoms with Crippen LogP contribution in [0.3, 0.4) is 0 Å². The van der Waals surface area contributed by atoms with Crippen LogP contribution in [0.2, 0.25) is 5.02 Å². The molecule has 0 aliphatic heterocycles. The highest BCUT2D eigenvalue weighted by atomic mass is 35.5. The first kappa shape index (κ1) is 15.1. The van der Waals surface area contributed by atoms with Crippen LogP contribution < -0.4 is 15.8 Å². The molecule has 0 atom stereocenters. The normalized spacial score (nSPS) is 10.9. The van der Waals surface area contributed by atoms with Gasteiger partial charge in [0.1, 0.15) is 0 Å². The smallest absolute Gasteiger partial charge is 0.316 e. The number of primary amides is 1. The van der Waals surface area contributed by atoms with Crippen LogP contribution in [0.5, 0.6) is 0 Å². The summed E-state index contributed by atoms with van der Waals surface area (Å²) in [7, 11) is -3.73. The number of benzene rings is 2. The van der Waals surface area contributed by atoms with Crippen LogP contribution in [-0.4, -0.2) is 14.4 Å². The maximum atomic E-state index is 12.2. The summed E-state index contributed by atoms with van der Waals surface area (Å²) >= 11 is 5.80. The molecule has 0 unspecified atom stereocenters. The lowest BCUT2D eigenvalue weighted by Gasteiger charge is -2.09. The molecule has 0 aromatic heterocycles. The Bertz CT molecular complexity index is 760. The monoisotopic (exact) mass is 325 g/mol. The van der Waals surface area contributed by atoms with Gasteiger partial charge in [0.25, 0.3) is 10.0 Å². The molecule has 0 radical (unpaired) electrons. The van der Waals surface area contributed by atoms with Crippen molar-refractivity contribution in [1.29, 1.82) is 0 Å². The van der Waals surface area contributed by atoms with Crippen LogP contribution in [0, 0.1) is 0 Å². The number of anilines is 2. The lowest BCUT2D eigenvalue weighted by molar-refractivity contribution is 0.259. The van der Waals surface area contributed by atoms with E-state index in [1.54, 1.807) is 18.2 Å². The van der Waals surface area contributed by atoms with E-state index in [0.29, 0.717) is 16.4 Å². The number of amides is 2. The molecule has 0 saturated heterocycles. The Morgan fingerprint density at radius 3 is 2.29 bits per heavy atom. The zero-order valence-electron chi connectivity index (χ0n) is 10.7. The second kappa shape index (κ2) is 6.02. The first-order valence-electron chi connectivity index (χ1n) is 5.82. The van der Waals surface area contributed by atoms with E-state index in [1.165, 1.54) is 30.3 Å². The average Bonchev–Trinajstić information content (AvgIpc) is 2.38. The molecular formula is C13H12ClN3O3S. The second-order valence-corrected chi connectivity index (χ2v) is 6.25. The number of urea groups is 1. The van der Waals surface area contributed by atoms with Gasteiger partial charge in [-0.25, -0.2) is 13.2 Å². The van der Waals surface area contributed by atoms with E-state index in [0.717, 1.165) is 0 Å².